The molecule has 0 unspecified atom stereocenters. The lowest BCUT2D eigenvalue weighted by atomic mass is 10.1. The van der Waals surface area contributed by atoms with E-state index >= 15 is 0 Å². The molecule has 33 heavy (non-hydrogen) atoms. The van der Waals surface area contributed by atoms with Crippen molar-refractivity contribution in [1.82, 2.24) is 5.32 Å². The SMILES string of the molecule is COc1ccc([C@@H](C)NC(=O)CN(c2ccc(OC)c(Cl)c2)S(=O)(=O)c2ccccc2)cc1. The van der Waals surface area contributed by atoms with E-state index in [0.29, 0.717) is 11.5 Å². The number of carbonyl (C=O) groups excluding carboxylic acids is 1. The highest BCUT2D eigenvalue weighted by molar-refractivity contribution is 7.92. The normalized spacial score (nSPS) is 12.0. The molecule has 9 heteroatoms. The Morgan fingerprint density at radius 3 is 2.24 bits per heavy atom. The Labute approximate surface area is 198 Å². The number of hydrogen-bond acceptors (Lipinski definition) is 5. The first kappa shape index (κ1) is 24.4. The maximum Gasteiger partial charge on any atom is 0.264 e. The molecule has 3 aromatic rings. The summed E-state index contributed by atoms with van der Waals surface area (Å²) in [6, 6.07) is 19.4. The van der Waals surface area contributed by atoms with Gasteiger partial charge in [-0.3, -0.25) is 9.10 Å². The predicted molar refractivity (Wildman–Crippen MR) is 129 cm³/mol. The minimum absolute atomic E-state index is 0.0629. The second-order valence-corrected chi connectivity index (χ2v) is 9.48. The summed E-state index contributed by atoms with van der Waals surface area (Å²) in [4.78, 5) is 13.0. The topological polar surface area (TPSA) is 84.9 Å². The second kappa shape index (κ2) is 10.6. The van der Waals surface area contributed by atoms with Crippen LogP contribution in [0.15, 0.2) is 77.7 Å². The van der Waals surface area contributed by atoms with Gasteiger partial charge >= 0.3 is 0 Å². The monoisotopic (exact) mass is 488 g/mol. The van der Waals surface area contributed by atoms with Gasteiger partial charge in [0.05, 0.1) is 35.9 Å². The molecule has 0 saturated carbocycles. The van der Waals surface area contributed by atoms with Crippen LogP contribution in [0, 0.1) is 0 Å². The van der Waals surface area contributed by atoms with Crippen LogP contribution < -0.4 is 19.1 Å². The van der Waals surface area contributed by atoms with Crippen molar-refractivity contribution in [3.05, 3.63) is 83.4 Å². The Bertz CT molecular complexity index is 1200. The van der Waals surface area contributed by atoms with Gasteiger partial charge < -0.3 is 14.8 Å². The van der Waals surface area contributed by atoms with Crippen molar-refractivity contribution in [2.75, 3.05) is 25.1 Å². The van der Waals surface area contributed by atoms with Gasteiger partial charge in [-0.05, 0) is 55.0 Å². The van der Waals surface area contributed by atoms with E-state index in [2.05, 4.69) is 5.32 Å². The molecule has 0 bridgehead atoms. The van der Waals surface area contributed by atoms with E-state index in [-0.39, 0.29) is 21.6 Å². The van der Waals surface area contributed by atoms with Crippen LogP contribution in [-0.4, -0.2) is 35.1 Å². The van der Waals surface area contributed by atoms with E-state index in [1.807, 2.05) is 19.1 Å². The lowest BCUT2D eigenvalue weighted by Gasteiger charge is -2.25. The molecule has 1 atom stereocenters. The fraction of sp³-hybridized carbons (Fsp3) is 0.208. The van der Waals surface area contributed by atoms with E-state index < -0.39 is 22.5 Å². The first-order chi connectivity index (χ1) is 15.8. The summed E-state index contributed by atoms with van der Waals surface area (Å²) in [5, 5.41) is 3.08. The molecule has 0 aliphatic heterocycles. The van der Waals surface area contributed by atoms with Gasteiger partial charge in [0.1, 0.15) is 18.0 Å². The smallest absolute Gasteiger partial charge is 0.264 e. The van der Waals surface area contributed by atoms with Crippen molar-refractivity contribution in [2.24, 2.45) is 0 Å². The zero-order valence-electron chi connectivity index (χ0n) is 18.5. The Kier molecular flexibility index (Phi) is 7.84. The number of nitrogens with one attached hydrogen (secondary N) is 1. The number of halogens is 1. The summed E-state index contributed by atoms with van der Waals surface area (Å²) in [5.74, 6) is 0.633. The summed E-state index contributed by atoms with van der Waals surface area (Å²) in [5.41, 5.74) is 1.10. The first-order valence-electron chi connectivity index (χ1n) is 10.1. The number of hydrogen-bond donors (Lipinski definition) is 1. The number of methoxy groups -OCH3 is 2. The molecule has 1 amide bonds. The van der Waals surface area contributed by atoms with E-state index in [9.17, 15) is 13.2 Å². The van der Waals surface area contributed by atoms with Gasteiger partial charge in [0.25, 0.3) is 10.0 Å². The van der Waals surface area contributed by atoms with Crippen molar-refractivity contribution in [2.45, 2.75) is 17.9 Å². The average Bonchev–Trinajstić information content (AvgIpc) is 2.83. The van der Waals surface area contributed by atoms with E-state index in [4.69, 9.17) is 21.1 Å². The highest BCUT2D eigenvalue weighted by Crippen LogP contribution is 2.32. The number of sulfonamides is 1. The van der Waals surface area contributed by atoms with Crippen molar-refractivity contribution in [3.8, 4) is 11.5 Å². The molecule has 0 saturated heterocycles. The summed E-state index contributed by atoms with van der Waals surface area (Å²) in [7, 11) is -0.996. The van der Waals surface area contributed by atoms with Crippen molar-refractivity contribution in [1.29, 1.82) is 0 Å². The molecule has 0 spiro atoms. The van der Waals surface area contributed by atoms with Gasteiger partial charge in [-0.25, -0.2) is 8.42 Å². The molecule has 7 nitrogen and oxygen atoms in total. The standard InChI is InChI=1S/C24H25ClN2O5S/c1-17(18-9-12-20(31-2)13-10-18)26-24(28)16-27(19-11-14-23(32-3)22(25)15-19)33(29,30)21-7-5-4-6-8-21/h4-15,17H,16H2,1-3H3,(H,26,28)/t17-/m1/s1. The molecule has 174 valence electrons. The minimum atomic E-state index is -4.04. The molecule has 3 aromatic carbocycles. The van der Waals surface area contributed by atoms with Crippen LogP contribution in [-0.2, 0) is 14.8 Å². The molecule has 0 heterocycles. The third kappa shape index (κ3) is 5.77. The molecular formula is C24H25ClN2O5S. The minimum Gasteiger partial charge on any atom is -0.497 e. The highest BCUT2D eigenvalue weighted by atomic mass is 35.5. The fourth-order valence-electron chi connectivity index (χ4n) is 3.24. The van der Waals surface area contributed by atoms with Crippen LogP contribution in [0.1, 0.15) is 18.5 Å². The van der Waals surface area contributed by atoms with Crippen molar-refractivity contribution >= 4 is 33.2 Å². The summed E-state index contributed by atoms with van der Waals surface area (Å²) >= 11 is 6.24. The predicted octanol–water partition coefficient (Wildman–Crippen LogP) is 4.43. The second-order valence-electron chi connectivity index (χ2n) is 7.21. The number of ether oxygens (including phenoxy) is 2. The van der Waals surface area contributed by atoms with Gasteiger partial charge in [0.2, 0.25) is 5.91 Å². The molecule has 0 aromatic heterocycles. The van der Waals surface area contributed by atoms with Crippen LogP contribution in [0.4, 0.5) is 5.69 Å². The third-order valence-electron chi connectivity index (χ3n) is 5.04. The Balaban J connectivity index is 1.89. The van der Waals surface area contributed by atoms with Gasteiger partial charge in [-0.1, -0.05) is 41.9 Å². The Morgan fingerprint density at radius 1 is 1.00 bits per heavy atom. The number of nitrogens with zero attached hydrogens (tertiary/aromatic N) is 1. The maximum atomic E-state index is 13.4. The summed E-state index contributed by atoms with van der Waals surface area (Å²) in [6.07, 6.45) is 0. The third-order valence-corrected chi connectivity index (χ3v) is 7.12. The lowest BCUT2D eigenvalue weighted by Crippen LogP contribution is -2.41. The molecule has 1 N–H and O–H groups in total. The van der Waals surface area contributed by atoms with Crippen molar-refractivity contribution in [3.63, 3.8) is 0 Å². The molecular weight excluding hydrogens is 464 g/mol. The number of amides is 1. The molecule has 3 rings (SSSR count). The van der Waals surface area contributed by atoms with E-state index in [1.54, 1.807) is 49.6 Å². The molecule has 0 fully saturated rings. The van der Waals surface area contributed by atoms with E-state index in [1.165, 1.54) is 25.3 Å². The largest absolute Gasteiger partial charge is 0.497 e. The maximum absolute atomic E-state index is 13.4. The zero-order valence-corrected chi connectivity index (χ0v) is 20.1. The van der Waals surface area contributed by atoms with Crippen LogP contribution >= 0.6 is 11.6 Å². The van der Waals surface area contributed by atoms with Crippen LogP contribution in [0.3, 0.4) is 0 Å². The van der Waals surface area contributed by atoms with Crippen molar-refractivity contribution < 1.29 is 22.7 Å². The summed E-state index contributed by atoms with van der Waals surface area (Å²) in [6.45, 7) is 1.39. The number of benzene rings is 3. The first-order valence-corrected chi connectivity index (χ1v) is 11.9. The average molecular weight is 489 g/mol. The number of anilines is 1. The fourth-order valence-corrected chi connectivity index (χ4v) is 4.92. The quantitative estimate of drug-likeness (QED) is 0.481. The lowest BCUT2D eigenvalue weighted by molar-refractivity contribution is -0.120. The summed E-state index contributed by atoms with van der Waals surface area (Å²) < 4.78 is 38.2. The number of carbonyl (C=O) groups is 1. The van der Waals surface area contributed by atoms with Gasteiger partial charge in [0.15, 0.2) is 0 Å². The molecule has 0 radical (unpaired) electrons. The van der Waals surface area contributed by atoms with Crippen LogP contribution in [0.25, 0.3) is 0 Å². The molecule has 0 aliphatic rings. The number of rotatable bonds is 9. The highest BCUT2D eigenvalue weighted by Gasteiger charge is 2.28. The van der Waals surface area contributed by atoms with Crippen LogP contribution in [0.2, 0.25) is 5.02 Å². The van der Waals surface area contributed by atoms with Gasteiger partial charge in [0, 0.05) is 0 Å². The Morgan fingerprint density at radius 2 is 1.67 bits per heavy atom. The van der Waals surface area contributed by atoms with E-state index in [0.717, 1.165) is 9.87 Å². The van der Waals surface area contributed by atoms with Crippen LogP contribution in [0.5, 0.6) is 11.5 Å². The van der Waals surface area contributed by atoms with Gasteiger partial charge in [-0.15, -0.1) is 0 Å². The zero-order chi connectivity index (χ0) is 24.0. The van der Waals surface area contributed by atoms with Gasteiger partial charge in [-0.2, -0.15) is 0 Å². The molecule has 0 aliphatic carbocycles. The Hall–Kier alpha value is -3.23.